The van der Waals surface area contributed by atoms with E-state index in [1.807, 2.05) is 0 Å². The van der Waals surface area contributed by atoms with Crippen molar-refractivity contribution in [3.05, 3.63) is 65.0 Å². The molecule has 0 bridgehead atoms. The first-order valence-corrected chi connectivity index (χ1v) is 7.04. The Morgan fingerprint density at radius 1 is 1.24 bits per heavy atom. The van der Waals surface area contributed by atoms with Crippen LogP contribution in [0.4, 0.5) is 10.1 Å². The van der Waals surface area contributed by atoms with Crippen molar-refractivity contribution < 1.29 is 23.8 Å². The van der Waals surface area contributed by atoms with Gasteiger partial charge in [-0.3, -0.25) is 4.79 Å². The van der Waals surface area contributed by atoms with Gasteiger partial charge in [0, 0.05) is 5.69 Å². The Balaban J connectivity index is 2.19. The third kappa shape index (κ3) is 4.42. The zero-order chi connectivity index (χ0) is 18.4. The number of nitriles is 1. The van der Waals surface area contributed by atoms with E-state index in [1.165, 1.54) is 49.6 Å². The van der Waals surface area contributed by atoms with Crippen LogP contribution in [0.2, 0.25) is 0 Å². The number of carbonyl (C=O) groups excluding carboxylic acids is 1. The van der Waals surface area contributed by atoms with Crippen LogP contribution in [0.25, 0.3) is 6.08 Å². The van der Waals surface area contributed by atoms with Crippen LogP contribution in [-0.4, -0.2) is 24.1 Å². The van der Waals surface area contributed by atoms with Gasteiger partial charge in [-0.05, 0) is 48.0 Å². The van der Waals surface area contributed by atoms with Gasteiger partial charge in [-0.25, -0.2) is 9.18 Å². The fraction of sp³-hybridized carbons (Fsp3) is 0.0556. The Morgan fingerprint density at radius 3 is 2.44 bits per heavy atom. The molecular weight excluding hydrogens is 327 g/mol. The number of hydrogen-bond donors (Lipinski definition) is 2. The predicted molar refractivity (Wildman–Crippen MR) is 88.6 cm³/mol. The van der Waals surface area contributed by atoms with Gasteiger partial charge in [-0.15, -0.1) is 0 Å². The van der Waals surface area contributed by atoms with Gasteiger partial charge in [-0.2, -0.15) is 5.26 Å². The average Bonchev–Trinajstić information content (AvgIpc) is 2.60. The maximum atomic E-state index is 13.7. The second-order valence-electron chi connectivity index (χ2n) is 4.90. The van der Waals surface area contributed by atoms with Crippen LogP contribution in [0.5, 0.6) is 5.75 Å². The normalized spacial score (nSPS) is 10.7. The molecule has 0 saturated carbocycles. The Morgan fingerprint density at radius 2 is 1.92 bits per heavy atom. The summed E-state index contributed by atoms with van der Waals surface area (Å²) in [4.78, 5) is 22.9. The van der Waals surface area contributed by atoms with E-state index in [1.54, 1.807) is 6.07 Å². The summed E-state index contributed by atoms with van der Waals surface area (Å²) in [7, 11) is 1.33. The van der Waals surface area contributed by atoms with E-state index in [-0.39, 0.29) is 16.9 Å². The number of carbonyl (C=O) groups is 2. The highest BCUT2D eigenvalue weighted by molar-refractivity contribution is 6.09. The van der Waals surface area contributed by atoms with E-state index in [0.29, 0.717) is 11.3 Å². The van der Waals surface area contributed by atoms with Crippen molar-refractivity contribution in [1.29, 1.82) is 5.26 Å². The van der Waals surface area contributed by atoms with Crippen molar-refractivity contribution in [2.24, 2.45) is 0 Å². The number of aromatic carboxylic acids is 1. The van der Waals surface area contributed by atoms with Crippen molar-refractivity contribution in [1.82, 2.24) is 0 Å². The number of nitrogens with one attached hydrogen (secondary N) is 1. The highest BCUT2D eigenvalue weighted by atomic mass is 19.1. The summed E-state index contributed by atoms with van der Waals surface area (Å²) in [6.45, 7) is 0. The molecule has 2 rings (SSSR count). The predicted octanol–water partition coefficient (Wildman–Crippen LogP) is 3.08. The van der Waals surface area contributed by atoms with Gasteiger partial charge in [0.05, 0.1) is 12.7 Å². The minimum atomic E-state index is -1.09. The number of carboxylic acids is 1. The van der Waals surface area contributed by atoms with Crippen LogP contribution in [0.15, 0.2) is 48.0 Å². The summed E-state index contributed by atoms with van der Waals surface area (Å²) >= 11 is 0. The lowest BCUT2D eigenvalue weighted by Gasteiger charge is -2.05. The highest BCUT2D eigenvalue weighted by Gasteiger charge is 2.11. The second-order valence-corrected chi connectivity index (χ2v) is 4.90. The van der Waals surface area contributed by atoms with Crippen molar-refractivity contribution in [2.45, 2.75) is 0 Å². The summed E-state index contributed by atoms with van der Waals surface area (Å²) in [5.74, 6) is -2.34. The molecule has 0 fully saturated rings. The lowest BCUT2D eigenvalue weighted by atomic mass is 10.1. The van der Waals surface area contributed by atoms with E-state index < -0.39 is 17.7 Å². The number of halogens is 1. The lowest BCUT2D eigenvalue weighted by molar-refractivity contribution is -0.112. The van der Waals surface area contributed by atoms with Crippen molar-refractivity contribution in [2.75, 3.05) is 12.4 Å². The van der Waals surface area contributed by atoms with E-state index in [0.717, 1.165) is 6.07 Å². The average molecular weight is 340 g/mol. The fourth-order valence-electron chi connectivity index (χ4n) is 1.98. The zero-order valence-electron chi connectivity index (χ0n) is 13.1. The maximum Gasteiger partial charge on any atom is 0.335 e. The van der Waals surface area contributed by atoms with Gasteiger partial charge in [0.2, 0.25) is 0 Å². The Kier molecular flexibility index (Phi) is 5.48. The molecule has 0 heterocycles. The van der Waals surface area contributed by atoms with Gasteiger partial charge in [-0.1, -0.05) is 6.07 Å². The molecule has 6 nitrogen and oxygen atoms in total. The van der Waals surface area contributed by atoms with Gasteiger partial charge >= 0.3 is 5.97 Å². The SMILES string of the molecule is COc1ccc(/C=C(\C#N)C(=O)Nc2ccc(C(=O)O)cc2)cc1F. The number of anilines is 1. The molecule has 0 unspecified atom stereocenters. The number of ether oxygens (including phenoxy) is 1. The van der Waals surface area contributed by atoms with Crippen LogP contribution in [0.3, 0.4) is 0 Å². The molecule has 7 heteroatoms. The van der Waals surface area contributed by atoms with Gasteiger partial charge in [0.1, 0.15) is 11.6 Å². The summed E-state index contributed by atoms with van der Waals surface area (Å²) in [6, 6.07) is 11.3. The maximum absolute atomic E-state index is 13.7. The summed E-state index contributed by atoms with van der Waals surface area (Å²) in [5.41, 5.74) is 0.498. The third-order valence-corrected chi connectivity index (χ3v) is 3.24. The molecule has 0 aliphatic rings. The molecule has 126 valence electrons. The van der Waals surface area contributed by atoms with Gasteiger partial charge < -0.3 is 15.2 Å². The van der Waals surface area contributed by atoms with Crippen LogP contribution in [0, 0.1) is 17.1 Å². The van der Waals surface area contributed by atoms with E-state index in [2.05, 4.69) is 5.32 Å². The molecule has 2 aromatic rings. The summed E-state index contributed by atoms with van der Waals surface area (Å²) < 4.78 is 18.5. The smallest absolute Gasteiger partial charge is 0.335 e. The number of amides is 1. The Hall–Kier alpha value is -3.66. The number of rotatable bonds is 5. The first-order chi connectivity index (χ1) is 11.9. The van der Waals surface area contributed by atoms with Gasteiger partial charge in [0.15, 0.2) is 11.6 Å². The number of nitrogens with zero attached hydrogens (tertiary/aromatic N) is 1. The quantitative estimate of drug-likeness (QED) is 0.644. The number of carboxylic acid groups (broad SMARTS) is 1. The minimum absolute atomic E-state index is 0.0543. The Bertz CT molecular complexity index is 883. The topological polar surface area (TPSA) is 99.4 Å². The zero-order valence-corrected chi connectivity index (χ0v) is 13.1. The number of hydrogen-bond acceptors (Lipinski definition) is 4. The van der Waals surface area contributed by atoms with Crippen LogP contribution in [-0.2, 0) is 4.79 Å². The van der Waals surface area contributed by atoms with Crippen LogP contribution >= 0.6 is 0 Å². The van der Waals surface area contributed by atoms with Crippen molar-refractivity contribution in [3.63, 3.8) is 0 Å². The molecule has 0 aliphatic carbocycles. The Labute approximate surface area is 142 Å². The van der Waals surface area contributed by atoms with Crippen LogP contribution in [0.1, 0.15) is 15.9 Å². The molecule has 0 atom stereocenters. The standard InChI is InChI=1S/C18H13FN2O4/c1-25-16-7-2-11(9-15(16)19)8-13(10-20)17(22)21-14-5-3-12(4-6-14)18(23)24/h2-9H,1H3,(H,21,22)(H,23,24)/b13-8+. The largest absolute Gasteiger partial charge is 0.494 e. The number of methoxy groups -OCH3 is 1. The first kappa shape index (κ1) is 17.7. The minimum Gasteiger partial charge on any atom is -0.494 e. The highest BCUT2D eigenvalue weighted by Crippen LogP contribution is 2.19. The fourth-order valence-corrected chi connectivity index (χ4v) is 1.98. The first-order valence-electron chi connectivity index (χ1n) is 7.04. The molecule has 0 saturated heterocycles. The molecule has 0 radical (unpaired) electrons. The van der Waals surface area contributed by atoms with Crippen molar-refractivity contribution >= 4 is 23.6 Å². The second kappa shape index (κ2) is 7.75. The summed E-state index contributed by atoms with van der Waals surface area (Å²) in [5, 5.41) is 20.5. The lowest BCUT2D eigenvalue weighted by Crippen LogP contribution is -2.13. The molecule has 0 spiro atoms. The summed E-state index contributed by atoms with van der Waals surface area (Å²) in [6.07, 6.45) is 1.24. The molecule has 25 heavy (non-hydrogen) atoms. The molecule has 1 amide bonds. The van der Waals surface area contributed by atoms with E-state index in [4.69, 9.17) is 15.1 Å². The monoisotopic (exact) mass is 340 g/mol. The van der Waals surface area contributed by atoms with Crippen LogP contribution < -0.4 is 10.1 Å². The third-order valence-electron chi connectivity index (χ3n) is 3.24. The molecule has 2 N–H and O–H groups in total. The van der Waals surface area contributed by atoms with E-state index >= 15 is 0 Å². The van der Waals surface area contributed by atoms with E-state index in [9.17, 15) is 14.0 Å². The molecular formula is C18H13FN2O4. The molecule has 0 aliphatic heterocycles. The molecule has 0 aromatic heterocycles. The van der Waals surface area contributed by atoms with Gasteiger partial charge in [0.25, 0.3) is 5.91 Å². The van der Waals surface area contributed by atoms with Crippen molar-refractivity contribution in [3.8, 4) is 11.8 Å². The number of benzene rings is 2. The molecule has 2 aromatic carbocycles.